The maximum absolute atomic E-state index is 5.81. The molecular formula is C17H17N3O. The number of nitrogens with two attached hydrogens (primary N) is 1. The van der Waals surface area contributed by atoms with Crippen LogP contribution >= 0.6 is 0 Å². The van der Waals surface area contributed by atoms with Crippen molar-refractivity contribution in [2.45, 2.75) is 6.42 Å². The van der Waals surface area contributed by atoms with Gasteiger partial charge in [-0.2, -0.15) is 5.10 Å². The van der Waals surface area contributed by atoms with Crippen molar-refractivity contribution < 1.29 is 4.74 Å². The Balaban J connectivity index is 1.79. The summed E-state index contributed by atoms with van der Waals surface area (Å²) in [6.45, 7) is 0. The minimum absolute atomic E-state index is 0.524. The molecule has 3 N–H and O–H groups in total. The third-order valence-corrected chi connectivity index (χ3v) is 3.48. The van der Waals surface area contributed by atoms with Gasteiger partial charge < -0.3 is 10.5 Å². The smallest absolute Gasteiger partial charge is 0.153 e. The van der Waals surface area contributed by atoms with E-state index in [1.807, 2.05) is 18.3 Å². The number of benzene rings is 2. The second-order valence-corrected chi connectivity index (χ2v) is 4.91. The van der Waals surface area contributed by atoms with Crippen LogP contribution < -0.4 is 10.5 Å². The van der Waals surface area contributed by atoms with Gasteiger partial charge in [-0.25, -0.2) is 0 Å². The highest BCUT2D eigenvalue weighted by Crippen LogP contribution is 2.24. The number of nitrogens with zero attached hydrogens (tertiary/aromatic N) is 1. The molecule has 3 aromatic rings. The number of methoxy groups -OCH3 is 1. The molecular weight excluding hydrogens is 262 g/mol. The molecule has 0 spiro atoms. The van der Waals surface area contributed by atoms with Crippen molar-refractivity contribution in [1.29, 1.82) is 0 Å². The number of anilines is 1. The Hall–Kier alpha value is -2.75. The maximum Gasteiger partial charge on any atom is 0.153 e. The Morgan fingerprint density at radius 1 is 1.10 bits per heavy atom. The number of hydrogen-bond donors (Lipinski definition) is 2. The summed E-state index contributed by atoms with van der Waals surface area (Å²) in [5.74, 6) is 1.41. The first kappa shape index (κ1) is 13.2. The SMILES string of the molecule is COc1cccc(Cc2ccc(-c3c[nH]nc3N)cc2)c1. The average Bonchev–Trinajstić information content (AvgIpc) is 2.94. The number of H-pyrrole nitrogens is 1. The van der Waals surface area contributed by atoms with E-state index < -0.39 is 0 Å². The molecule has 0 radical (unpaired) electrons. The highest BCUT2D eigenvalue weighted by atomic mass is 16.5. The highest BCUT2D eigenvalue weighted by molar-refractivity contribution is 5.73. The van der Waals surface area contributed by atoms with Gasteiger partial charge in [-0.05, 0) is 35.2 Å². The molecule has 0 aliphatic heterocycles. The molecule has 0 fully saturated rings. The molecule has 1 aromatic heterocycles. The predicted molar refractivity (Wildman–Crippen MR) is 84.2 cm³/mol. The predicted octanol–water partition coefficient (Wildman–Crippen LogP) is 3.26. The summed E-state index contributed by atoms with van der Waals surface area (Å²) in [5.41, 5.74) is 10.3. The molecule has 0 saturated heterocycles. The number of aromatic nitrogens is 2. The van der Waals surface area contributed by atoms with Crippen molar-refractivity contribution in [2.75, 3.05) is 12.8 Å². The summed E-state index contributed by atoms with van der Waals surface area (Å²) in [6.07, 6.45) is 2.69. The van der Waals surface area contributed by atoms with Crippen LogP contribution in [0.5, 0.6) is 5.75 Å². The molecule has 3 rings (SSSR count). The van der Waals surface area contributed by atoms with E-state index in [2.05, 4.69) is 46.6 Å². The zero-order valence-corrected chi connectivity index (χ0v) is 11.8. The fourth-order valence-electron chi connectivity index (χ4n) is 2.35. The average molecular weight is 279 g/mol. The van der Waals surface area contributed by atoms with Crippen LogP contribution in [-0.4, -0.2) is 17.3 Å². The first-order chi connectivity index (χ1) is 10.3. The van der Waals surface area contributed by atoms with Crippen LogP contribution in [0.4, 0.5) is 5.82 Å². The van der Waals surface area contributed by atoms with Gasteiger partial charge in [0.1, 0.15) is 5.75 Å². The van der Waals surface area contributed by atoms with Crippen LogP contribution in [0, 0.1) is 0 Å². The molecule has 0 aliphatic rings. The molecule has 106 valence electrons. The van der Waals surface area contributed by atoms with Crippen molar-refractivity contribution >= 4 is 5.82 Å². The lowest BCUT2D eigenvalue weighted by molar-refractivity contribution is 0.414. The second-order valence-electron chi connectivity index (χ2n) is 4.91. The van der Waals surface area contributed by atoms with Crippen molar-refractivity contribution in [1.82, 2.24) is 10.2 Å². The topological polar surface area (TPSA) is 63.9 Å². The van der Waals surface area contributed by atoms with Crippen LogP contribution in [0.25, 0.3) is 11.1 Å². The number of rotatable bonds is 4. The molecule has 0 atom stereocenters. The van der Waals surface area contributed by atoms with Crippen molar-refractivity contribution in [3.05, 3.63) is 65.9 Å². The van der Waals surface area contributed by atoms with Gasteiger partial charge in [0, 0.05) is 11.8 Å². The van der Waals surface area contributed by atoms with Gasteiger partial charge in [-0.1, -0.05) is 36.4 Å². The Labute approximate surface area is 123 Å². The third kappa shape index (κ3) is 2.89. The van der Waals surface area contributed by atoms with E-state index in [1.165, 1.54) is 11.1 Å². The third-order valence-electron chi connectivity index (χ3n) is 3.48. The fraction of sp³-hybridized carbons (Fsp3) is 0.118. The summed E-state index contributed by atoms with van der Waals surface area (Å²) >= 11 is 0. The Morgan fingerprint density at radius 2 is 1.90 bits per heavy atom. The summed E-state index contributed by atoms with van der Waals surface area (Å²) in [4.78, 5) is 0. The van der Waals surface area contributed by atoms with E-state index in [0.29, 0.717) is 5.82 Å². The van der Waals surface area contributed by atoms with Crippen LogP contribution in [0.3, 0.4) is 0 Å². The Kier molecular flexibility index (Phi) is 3.60. The molecule has 4 heteroatoms. The van der Waals surface area contributed by atoms with E-state index in [1.54, 1.807) is 7.11 Å². The van der Waals surface area contributed by atoms with E-state index in [9.17, 15) is 0 Å². The zero-order chi connectivity index (χ0) is 14.7. The molecule has 21 heavy (non-hydrogen) atoms. The highest BCUT2D eigenvalue weighted by Gasteiger charge is 2.05. The molecule has 0 unspecified atom stereocenters. The Bertz CT molecular complexity index is 732. The molecule has 1 heterocycles. The normalized spacial score (nSPS) is 10.5. The lowest BCUT2D eigenvalue weighted by Gasteiger charge is -2.06. The number of nitrogens with one attached hydrogen (secondary N) is 1. The number of nitrogen functional groups attached to an aromatic ring is 1. The van der Waals surface area contributed by atoms with Gasteiger partial charge in [0.2, 0.25) is 0 Å². The molecule has 0 aliphatic carbocycles. The summed E-state index contributed by atoms with van der Waals surface area (Å²) in [7, 11) is 1.68. The van der Waals surface area contributed by atoms with Crippen LogP contribution in [-0.2, 0) is 6.42 Å². The van der Waals surface area contributed by atoms with Gasteiger partial charge >= 0.3 is 0 Å². The van der Waals surface area contributed by atoms with E-state index in [0.717, 1.165) is 23.3 Å². The van der Waals surface area contributed by atoms with Crippen LogP contribution in [0.15, 0.2) is 54.7 Å². The van der Waals surface area contributed by atoms with Crippen molar-refractivity contribution in [3.63, 3.8) is 0 Å². The van der Waals surface area contributed by atoms with Gasteiger partial charge in [-0.15, -0.1) is 0 Å². The first-order valence-electron chi connectivity index (χ1n) is 6.78. The first-order valence-corrected chi connectivity index (χ1v) is 6.78. The molecule has 0 amide bonds. The minimum atomic E-state index is 0.524. The van der Waals surface area contributed by atoms with Crippen LogP contribution in [0.1, 0.15) is 11.1 Å². The second kappa shape index (κ2) is 5.71. The van der Waals surface area contributed by atoms with E-state index >= 15 is 0 Å². The lowest BCUT2D eigenvalue weighted by atomic mass is 10.0. The maximum atomic E-state index is 5.81. The summed E-state index contributed by atoms with van der Waals surface area (Å²) in [6, 6.07) is 16.5. The van der Waals surface area contributed by atoms with E-state index in [4.69, 9.17) is 10.5 Å². The van der Waals surface area contributed by atoms with Gasteiger partial charge in [0.15, 0.2) is 5.82 Å². The fourth-order valence-corrected chi connectivity index (χ4v) is 2.35. The largest absolute Gasteiger partial charge is 0.497 e. The standard InChI is InChI=1S/C17H17N3O/c1-21-15-4-2-3-13(10-15)9-12-5-7-14(8-6-12)16-11-19-20-17(16)18/h2-8,10-11H,9H2,1H3,(H3,18,19,20). The lowest BCUT2D eigenvalue weighted by Crippen LogP contribution is -1.91. The summed E-state index contributed by atoms with van der Waals surface area (Å²) < 4.78 is 5.25. The zero-order valence-electron chi connectivity index (χ0n) is 11.8. The van der Waals surface area contributed by atoms with Gasteiger partial charge in [-0.3, -0.25) is 5.10 Å². The molecule has 4 nitrogen and oxygen atoms in total. The quantitative estimate of drug-likeness (QED) is 0.770. The van der Waals surface area contributed by atoms with Gasteiger partial charge in [0.25, 0.3) is 0 Å². The number of aromatic amines is 1. The monoisotopic (exact) mass is 279 g/mol. The van der Waals surface area contributed by atoms with Crippen molar-refractivity contribution in [3.8, 4) is 16.9 Å². The van der Waals surface area contributed by atoms with Crippen molar-refractivity contribution in [2.24, 2.45) is 0 Å². The van der Waals surface area contributed by atoms with Gasteiger partial charge in [0.05, 0.1) is 7.11 Å². The van der Waals surface area contributed by atoms with Crippen LogP contribution in [0.2, 0.25) is 0 Å². The van der Waals surface area contributed by atoms with E-state index in [-0.39, 0.29) is 0 Å². The molecule has 0 saturated carbocycles. The molecule has 2 aromatic carbocycles. The number of ether oxygens (including phenoxy) is 1. The summed E-state index contributed by atoms with van der Waals surface area (Å²) in [5, 5.41) is 6.72. The number of hydrogen-bond acceptors (Lipinski definition) is 3. The minimum Gasteiger partial charge on any atom is -0.497 e. The Morgan fingerprint density at radius 3 is 2.57 bits per heavy atom. The molecule has 0 bridgehead atoms.